The minimum absolute atomic E-state index is 0.0353. The van der Waals surface area contributed by atoms with Crippen LogP contribution in [0.5, 0.6) is 0 Å². The van der Waals surface area contributed by atoms with Gasteiger partial charge in [-0.15, -0.1) is 0 Å². The van der Waals surface area contributed by atoms with Crippen LogP contribution in [0.1, 0.15) is 124 Å². The minimum Gasteiger partial charge on any atom is -0.481 e. The molecule has 0 saturated carbocycles. The van der Waals surface area contributed by atoms with Crippen LogP contribution in [0.3, 0.4) is 0 Å². The number of allylic oxidation sites excluding steroid dienone is 2. The maximum atomic E-state index is 12.1. The smallest absolute Gasteiger partial charge is 0.307 e. The summed E-state index contributed by atoms with van der Waals surface area (Å²) in [6.45, 7) is 7.42. The highest BCUT2D eigenvalue weighted by atomic mass is 16.4. The van der Waals surface area contributed by atoms with Crippen molar-refractivity contribution in [2.75, 3.05) is 13.1 Å². The fraction of sp³-hybridized carbons (Fsp3) is 0.846. The minimum atomic E-state index is -0.837. The van der Waals surface area contributed by atoms with Crippen LogP contribution in [0.25, 0.3) is 0 Å². The summed E-state index contributed by atoms with van der Waals surface area (Å²) >= 11 is 0. The number of carboxylic acid groups (broad SMARTS) is 1. The Kier molecular flexibility index (Phi) is 20.0. The van der Waals surface area contributed by atoms with Gasteiger partial charge in [-0.3, -0.25) is 9.59 Å². The van der Waals surface area contributed by atoms with Gasteiger partial charge in [-0.25, -0.2) is 0 Å². The fourth-order valence-electron chi connectivity index (χ4n) is 3.87. The van der Waals surface area contributed by atoms with Crippen molar-refractivity contribution < 1.29 is 14.7 Å². The van der Waals surface area contributed by atoms with Crippen molar-refractivity contribution in [3.8, 4) is 0 Å². The third kappa shape index (κ3) is 16.5. The summed E-state index contributed by atoms with van der Waals surface area (Å²) in [6.07, 6.45) is 23.0. The first-order valence-corrected chi connectivity index (χ1v) is 12.7. The Morgan fingerprint density at radius 1 is 0.733 bits per heavy atom. The summed E-state index contributed by atoms with van der Waals surface area (Å²) in [6, 6.07) is 0. The van der Waals surface area contributed by atoms with E-state index in [0.717, 1.165) is 25.7 Å². The second-order valence-corrected chi connectivity index (χ2v) is 8.53. The normalized spacial score (nSPS) is 12.4. The molecule has 0 radical (unpaired) electrons. The van der Waals surface area contributed by atoms with E-state index in [-0.39, 0.29) is 12.3 Å². The van der Waals surface area contributed by atoms with E-state index in [1.165, 1.54) is 64.2 Å². The quantitative estimate of drug-likeness (QED) is 0.155. The number of carbonyl (C=O) groups excluding carboxylic acids is 1. The number of amides is 1. The van der Waals surface area contributed by atoms with Crippen LogP contribution in [-0.2, 0) is 9.59 Å². The first kappa shape index (κ1) is 28.7. The van der Waals surface area contributed by atoms with E-state index in [1.807, 2.05) is 13.8 Å². The lowest BCUT2D eigenvalue weighted by molar-refractivity contribution is -0.146. The van der Waals surface area contributed by atoms with Crippen LogP contribution >= 0.6 is 0 Å². The van der Waals surface area contributed by atoms with Crippen LogP contribution in [-0.4, -0.2) is 35.0 Å². The van der Waals surface area contributed by atoms with Gasteiger partial charge in [0.15, 0.2) is 0 Å². The molecule has 176 valence electrons. The Balaban J connectivity index is 3.65. The van der Waals surface area contributed by atoms with Crippen LogP contribution in [0, 0.1) is 5.92 Å². The van der Waals surface area contributed by atoms with E-state index in [9.17, 15) is 14.7 Å². The SMILES string of the molecule is CCCCCCCCCCC/C=C/CCCCCC(CC(=O)N(CC)CC)C(=O)O. The van der Waals surface area contributed by atoms with Crippen molar-refractivity contribution in [1.82, 2.24) is 4.90 Å². The summed E-state index contributed by atoms with van der Waals surface area (Å²) in [4.78, 5) is 25.3. The summed E-state index contributed by atoms with van der Waals surface area (Å²) in [5.41, 5.74) is 0. The molecule has 30 heavy (non-hydrogen) atoms. The lowest BCUT2D eigenvalue weighted by Crippen LogP contribution is -2.33. The van der Waals surface area contributed by atoms with Crippen molar-refractivity contribution in [1.29, 1.82) is 0 Å². The zero-order chi connectivity index (χ0) is 22.5. The second-order valence-electron chi connectivity index (χ2n) is 8.53. The third-order valence-electron chi connectivity index (χ3n) is 5.95. The lowest BCUT2D eigenvalue weighted by atomic mass is 9.96. The highest BCUT2D eigenvalue weighted by Crippen LogP contribution is 2.17. The number of hydrogen-bond acceptors (Lipinski definition) is 2. The summed E-state index contributed by atoms with van der Waals surface area (Å²) in [5.74, 6) is -1.41. The molecule has 0 aliphatic rings. The molecule has 1 unspecified atom stereocenters. The molecule has 0 spiro atoms. The molecule has 0 aliphatic carbocycles. The third-order valence-corrected chi connectivity index (χ3v) is 5.95. The predicted molar refractivity (Wildman–Crippen MR) is 128 cm³/mol. The van der Waals surface area contributed by atoms with E-state index in [4.69, 9.17) is 0 Å². The first-order valence-electron chi connectivity index (χ1n) is 12.7. The maximum Gasteiger partial charge on any atom is 0.307 e. The van der Waals surface area contributed by atoms with E-state index < -0.39 is 11.9 Å². The number of hydrogen-bond donors (Lipinski definition) is 1. The van der Waals surface area contributed by atoms with Crippen LogP contribution in [0.2, 0.25) is 0 Å². The highest BCUT2D eigenvalue weighted by Gasteiger charge is 2.22. The van der Waals surface area contributed by atoms with Gasteiger partial charge in [0.2, 0.25) is 5.91 Å². The van der Waals surface area contributed by atoms with Crippen molar-refractivity contribution >= 4 is 11.9 Å². The molecule has 0 saturated heterocycles. The van der Waals surface area contributed by atoms with Crippen LogP contribution in [0.4, 0.5) is 0 Å². The Morgan fingerprint density at radius 3 is 1.67 bits per heavy atom. The number of nitrogens with zero attached hydrogens (tertiary/aromatic N) is 1. The molecule has 0 bridgehead atoms. The first-order chi connectivity index (χ1) is 14.6. The average Bonchev–Trinajstić information content (AvgIpc) is 2.73. The van der Waals surface area contributed by atoms with Crippen molar-refractivity contribution in [3.63, 3.8) is 0 Å². The highest BCUT2D eigenvalue weighted by molar-refractivity contribution is 5.82. The number of aliphatic carboxylic acids is 1. The Bertz CT molecular complexity index is 444. The predicted octanol–water partition coefficient (Wildman–Crippen LogP) is 7.37. The molecule has 0 aliphatic heterocycles. The molecule has 1 amide bonds. The van der Waals surface area contributed by atoms with Gasteiger partial charge in [0.25, 0.3) is 0 Å². The van der Waals surface area contributed by atoms with Crippen molar-refractivity contribution in [3.05, 3.63) is 12.2 Å². The number of unbranched alkanes of at least 4 members (excludes halogenated alkanes) is 12. The molecular formula is C26H49NO3. The molecule has 4 heteroatoms. The molecule has 4 nitrogen and oxygen atoms in total. The standard InChI is InChI=1S/C26H49NO3/c1-4-7-8-9-10-11-12-13-14-15-16-17-18-19-20-21-22-24(26(29)30)23-25(28)27(5-2)6-3/h16-17,24H,4-15,18-23H2,1-3H3,(H,29,30)/b17-16+. The largest absolute Gasteiger partial charge is 0.481 e. The van der Waals surface area contributed by atoms with Gasteiger partial charge >= 0.3 is 5.97 Å². The Labute approximate surface area is 186 Å². The Morgan fingerprint density at radius 2 is 1.20 bits per heavy atom. The van der Waals surface area contributed by atoms with Gasteiger partial charge in [-0.2, -0.15) is 0 Å². The maximum absolute atomic E-state index is 12.1. The van der Waals surface area contributed by atoms with Gasteiger partial charge in [0, 0.05) is 19.5 Å². The molecule has 0 heterocycles. The van der Waals surface area contributed by atoms with Gasteiger partial charge < -0.3 is 10.0 Å². The fourth-order valence-corrected chi connectivity index (χ4v) is 3.87. The lowest BCUT2D eigenvalue weighted by Gasteiger charge is -2.21. The zero-order valence-electron chi connectivity index (χ0n) is 20.2. The second kappa shape index (κ2) is 20.9. The molecular weight excluding hydrogens is 374 g/mol. The van der Waals surface area contributed by atoms with Crippen LogP contribution < -0.4 is 0 Å². The van der Waals surface area contributed by atoms with Crippen LogP contribution in [0.15, 0.2) is 12.2 Å². The topological polar surface area (TPSA) is 57.6 Å². The summed E-state index contributed by atoms with van der Waals surface area (Å²) in [7, 11) is 0. The molecule has 0 aromatic carbocycles. The van der Waals surface area contributed by atoms with Gasteiger partial charge in [-0.1, -0.05) is 83.3 Å². The summed E-state index contributed by atoms with van der Waals surface area (Å²) in [5, 5.41) is 9.39. The van der Waals surface area contributed by atoms with E-state index in [2.05, 4.69) is 19.1 Å². The molecule has 1 atom stereocenters. The summed E-state index contributed by atoms with van der Waals surface area (Å²) < 4.78 is 0. The van der Waals surface area contributed by atoms with E-state index >= 15 is 0 Å². The molecule has 0 rings (SSSR count). The van der Waals surface area contributed by atoms with Gasteiger partial charge in [0.1, 0.15) is 0 Å². The molecule has 0 aromatic rings. The van der Waals surface area contributed by atoms with Gasteiger partial charge in [0.05, 0.1) is 5.92 Å². The molecule has 0 fully saturated rings. The number of carboxylic acids is 1. The van der Waals surface area contributed by atoms with E-state index in [1.54, 1.807) is 4.90 Å². The van der Waals surface area contributed by atoms with Crippen molar-refractivity contribution in [2.24, 2.45) is 5.92 Å². The molecule has 1 N–H and O–H groups in total. The zero-order valence-corrected chi connectivity index (χ0v) is 20.2. The molecule has 0 aromatic heterocycles. The average molecular weight is 424 g/mol. The number of carbonyl (C=O) groups is 2. The van der Waals surface area contributed by atoms with E-state index in [0.29, 0.717) is 19.5 Å². The van der Waals surface area contributed by atoms with Gasteiger partial charge in [-0.05, 0) is 46.0 Å². The Hall–Kier alpha value is -1.32. The van der Waals surface area contributed by atoms with Crippen molar-refractivity contribution in [2.45, 2.75) is 124 Å². The monoisotopic (exact) mass is 423 g/mol. The number of rotatable bonds is 21.